The average Bonchev–Trinajstić information content (AvgIpc) is 2.82. The third-order valence-electron chi connectivity index (χ3n) is 6.67. The summed E-state index contributed by atoms with van der Waals surface area (Å²) in [4.78, 5) is 17.4. The molecule has 31 heavy (non-hydrogen) atoms. The Morgan fingerprint density at radius 2 is 1.65 bits per heavy atom. The molecule has 170 valence electrons. The number of fused-ring (bicyclic) bond motifs is 1. The molecule has 0 aromatic heterocycles. The van der Waals surface area contributed by atoms with Crippen LogP contribution in [0.25, 0.3) is 0 Å². The van der Waals surface area contributed by atoms with E-state index in [1.165, 1.54) is 5.56 Å². The van der Waals surface area contributed by atoms with Crippen molar-refractivity contribution in [3.05, 3.63) is 65.7 Å². The van der Waals surface area contributed by atoms with Crippen LogP contribution in [0.15, 0.2) is 54.6 Å². The van der Waals surface area contributed by atoms with E-state index in [-0.39, 0.29) is 11.3 Å². The molecule has 2 aliphatic heterocycles. The largest absolute Gasteiger partial charge is 0.508 e. The molecular weight excluding hydrogens is 384 g/mol. The summed E-state index contributed by atoms with van der Waals surface area (Å²) in [6.07, 6.45) is 0.996. The van der Waals surface area contributed by atoms with Crippen LogP contribution in [0.3, 0.4) is 0 Å². The van der Waals surface area contributed by atoms with E-state index < -0.39 is 0 Å². The van der Waals surface area contributed by atoms with E-state index in [1.807, 2.05) is 75.1 Å². The van der Waals surface area contributed by atoms with Crippen molar-refractivity contribution in [2.75, 3.05) is 26.2 Å². The Morgan fingerprint density at radius 3 is 2.29 bits per heavy atom. The third-order valence-corrected chi connectivity index (χ3v) is 6.67. The normalized spacial score (nSPS) is 25.3. The summed E-state index contributed by atoms with van der Waals surface area (Å²) in [5.41, 5.74) is 1.96. The number of phenolic OH excluding ortho intramolecular Hbond substituents is 1. The summed E-state index contributed by atoms with van der Waals surface area (Å²) < 4.78 is 0. The molecule has 0 spiro atoms. The van der Waals surface area contributed by atoms with Gasteiger partial charge in [0, 0.05) is 37.8 Å². The van der Waals surface area contributed by atoms with Crippen molar-refractivity contribution in [2.45, 2.75) is 59.4 Å². The molecule has 3 atom stereocenters. The number of amides is 1. The number of carbonyl (C=O) groups is 1. The van der Waals surface area contributed by atoms with Gasteiger partial charge in [-0.15, -0.1) is 0 Å². The molecule has 2 aromatic carbocycles. The van der Waals surface area contributed by atoms with Gasteiger partial charge in [-0.05, 0) is 47.6 Å². The number of nitrogens with zero attached hydrogens (tertiary/aromatic N) is 2. The van der Waals surface area contributed by atoms with Gasteiger partial charge in [0.25, 0.3) is 5.91 Å². The van der Waals surface area contributed by atoms with Gasteiger partial charge in [0.05, 0.1) is 0 Å². The Labute approximate surface area is 188 Å². The third kappa shape index (κ3) is 5.48. The molecule has 2 heterocycles. The van der Waals surface area contributed by atoms with Crippen LogP contribution in [0.4, 0.5) is 0 Å². The van der Waals surface area contributed by atoms with Crippen LogP contribution in [0.5, 0.6) is 5.75 Å². The molecule has 2 aliphatic rings. The smallest absolute Gasteiger partial charge is 0.253 e. The predicted octanol–water partition coefficient (Wildman–Crippen LogP) is 5.57. The minimum atomic E-state index is -0.00128. The molecule has 2 fully saturated rings. The lowest BCUT2D eigenvalue weighted by molar-refractivity contribution is -0.000249. The second kappa shape index (κ2) is 11.3. The number of aromatic hydroxyl groups is 1. The maximum Gasteiger partial charge on any atom is 0.253 e. The monoisotopic (exact) mass is 424 g/mol. The SMILES string of the molecule is CC.CC.CC1CN2CCN(C(=O)c3ccccc3)CC2C[C@@]1(C)c1cccc(O)c1. The van der Waals surface area contributed by atoms with E-state index in [4.69, 9.17) is 0 Å². The van der Waals surface area contributed by atoms with Crippen LogP contribution >= 0.6 is 0 Å². The van der Waals surface area contributed by atoms with Crippen LogP contribution in [0, 0.1) is 5.92 Å². The quantitative estimate of drug-likeness (QED) is 0.685. The van der Waals surface area contributed by atoms with E-state index >= 15 is 0 Å². The molecule has 0 bridgehead atoms. The van der Waals surface area contributed by atoms with Gasteiger partial charge in [-0.3, -0.25) is 9.69 Å². The molecule has 1 amide bonds. The molecule has 2 aromatic rings. The molecule has 0 radical (unpaired) electrons. The summed E-state index contributed by atoms with van der Waals surface area (Å²) in [6, 6.07) is 17.6. The summed E-state index contributed by atoms with van der Waals surface area (Å²) in [6.45, 7) is 16.1. The molecule has 0 aliphatic carbocycles. The lowest BCUT2D eigenvalue weighted by Crippen LogP contribution is -2.61. The minimum absolute atomic E-state index is 0.00128. The van der Waals surface area contributed by atoms with Crippen LogP contribution in [-0.4, -0.2) is 53.0 Å². The number of piperazine rings is 1. The first-order chi connectivity index (χ1) is 15.0. The molecule has 4 nitrogen and oxygen atoms in total. The number of benzene rings is 2. The zero-order valence-electron chi connectivity index (χ0n) is 20.1. The van der Waals surface area contributed by atoms with Crippen LogP contribution in [-0.2, 0) is 5.41 Å². The van der Waals surface area contributed by atoms with Crippen molar-refractivity contribution in [1.29, 1.82) is 0 Å². The fraction of sp³-hybridized carbons (Fsp3) is 0.519. The van der Waals surface area contributed by atoms with Gasteiger partial charge in [-0.1, -0.05) is 71.9 Å². The lowest BCUT2D eigenvalue weighted by atomic mass is 9.65. The first kappa shape index (κ1) is 24.9. The molecule has 1 N–H and O–H groups in total. The summed E-state index contributed by atoms with van der Waals surface area (Å²) >= 11 is 0. The zero-order valence-corrected chi connectivity index (χ0v) is 20.1. The Hall–Kier alpha value is -2.33. The Morgan fingerprint density at radius 1 is 0.968 bits per heavy atom. The highest BCUT2D eigenvalue weighted by molar-refractivity contribution is 5.94. The van der Waals surface area contributed by atoms with Gasteiger partial charge in [0.15, 0.2) is 0 Å². The summed E-state index contributed by atoms with van der Waals surface area (Å²) in [7, 11) is 0. The Balaban J connectivity index is 0.000000807. The number of carbonyl (C=O) groups excluding carboxylic acids is 1. The van der Waals surface area contributed by atoms with Gasteiger partial charge >= 0.3 is 0 Å². The second-order valence-electron chi connectivity index (χ2n) is 8.34. The molecule has 2 saturated heterocycles. The first-order valence-electron chi connectivity index (χ1n) is 11.9. The minimum Gasteiger partial charge on any atom is -0.508 e. The summed E-state index contributed by atoms with van der Waals surface area (Å²) in [5.74, 6) is 0.952. The van der Waals surface area contributed by atoms with Crippen molar-refractivity contribution in [3.8, 4) is 5.75 Å². The number of rotatable bonds is 2. The second-order valence-corrected chi connectivity index (χ2v) is 8.34. The Kier molecular flexibility index (Phi) is 9.12. The lowest BCUT2D eigenvalue weighted by Gasteiger charge is -2.53. The highest BCUT2D eigenvalue weighted by atomic mass is 16.3. The maximum atomic E-state index is 12.9. The highest BCUT2D eigenvalue weighted by Crippen LogP contribution is 2.43. The van der Waals surface area contributed by atoms with Crippen molar-refractivity contribution in [2.24, 2.45) is 5.92 Å². The van der Waals surface area contributed by atoms with Gasteiger partial charge < -0.3 is 10.0 Å². The van der Waals surface area contributed by atoms with Crippen LogP contribution < -0.4 is 0 Å². The molecule has 4 rings (SSSR count). The Bertz CT molecular complexity index is 823. The van der Waals surface area contributed by atoms with Crippen molar-refractivity contribution < 1.29 is 9.90 Å². The molecular formula is C27H40N2O2. The number of piperidine rings is 1. The van der Waals surface area contributed by atoms with E-state index in [0.29, 0.717) is 17.7 Å². The topological polar surface area (TPSA) is 43.8 Å². The average molecular weight is 425 g/mol. The predicted molar refractivity (Wildman–Crippen MR) is 130 cm³/mol. The fourth-order valence-electron chi connectivity index (χ4n) is 4.78. The molecule has 0 saturated carbocycles. The first-order valence-corrected chi connectivity index (χ1v) is 11.9. The van der Waals surface area contributed by atoms with Gasteiger partial charge in [-0.2, -0.15) is 0 Å². The van der Waals surface area contributed by atoms with Crippen molar-refractivity contribution in [3.63, 3.8) is 0 Å². The number of hydrogen-bond acceptors (Lipinski definition) is 3. The fourth-order valence-corrected chi connectivity index (χ4v) is 4.78. The maximum absolute atomic E-state index is 12.9. The van der Waals surface area contributed by atoms with Crippen LogP contribution in [0.1, 0.15) is 63.9 Å². The van der Waals surface area contributed by atoms with E-state index in [0.717, 1.165) is 38.2 Å². The van der Waals surface area contributed by atoms with Gasteiger partial charge in [0.1, 0.15) is 5.75 Å². The standard InChI is InChI=1S/C23H28N2O2.2C2H6/c1-17-15-24-11-12-25(22(27)18-7-4-3-5-8-18)16-20(24)14-23(17,2)19-9-6-10-21(26)13-19;2*1-2/h3-10,13,17,20,26H,11-12,14-16H2,1-2H3;2*1-2H3/t17?,20?,23-;;/m1../s1. The number of hydrogen-bond donors (Lipinski definition) is 1. The molecule has 2 unspecified atom stereocenters. The van der Waals surface area contributed by atoms with E-state index in [1.54, 1.807) is 6.07 Å². The van der Waals surface area contributed by atoms with Crippen LogP contribution in [0.2, 0.25) is 0 Å². The van der Waals surface area contributed by atoms with E-state index in [9.17, 15) is 9.90 Å². The number of phenols is 1. The zero-order chi connectivity index (χ0) is 23.0. The van der Waals surface area contributed by atoms with E-state index in [2.05, 4.69) is 24.8 Å². The van der Waals surface area contributed by atoms with Crippen molar-refractivity contribution >= 4 is 5.91 Å². The van der Waals surface area contributed by atoms with Gasteiger partial charge in [-0.25, -0.2) is 0 Å². The summed E-state index contributed by atoms with van der Waals surface area (Å²) in [5, 5.41) is 9.95. The van der Waals surface area contributed by atoms with Gasteiger partial charge in [0.2, 0.25) is 0 Å². The molecule has 4 heteroatoms. The van der Waals surface area contributed by atoms with Crippen molar-refractivity contribution in [1.82, 2.24) is 9.80 Å². The highest BCUT2D eigenvalue weighted by Gasteiger charge is 2.45.